The summed E-state index contributed by atoms with van der Waals surface area (Å²) in [5.41, 5.74) is 37.4. The first-order valence-corrected chi connectivity index (χ1v) is 36.0. The van der Waals surface area contributed by atoms with Gasteiger partial charge in [0.15, 0.2) is 0 Å². The second-order valence-corrected chi connectivity index (χ2v) is 28.3. The first-order valence-electron chi connectivity index (χ1n) is 36.0. The van der Waals surface area contributed by atoms with Gasteiger partial charge in [-0.15, -0.1) is 0 Å². The summed E-state index contributed by atoms with van der Waals surface area (Å²) >= 11 is 0. The molecule has 16 aromatic carbocycles. The number of hydrogen-bond acceptors (Lipinski definition) is 2. The molecule has 0 aliphatic heterocycles. The van der Waals surface area contributed by atoms with Crippen LogP contribution in [-0.2, 0) is 16.2 Å². The first-order chi connectivity index (χ1) is 50.9. The van der Waals surface area contributed by atoms with Gasteiger partial charge in [0.25, 0.3) is 0 Å². The minimum Gasteiger partial charge on any atom is -0.310 e. The second-order valence-electron chi connectivity index (χ2n) is 28.3. The third-order valence-electron chi connectivity index (χ3n) is 23.0. The van der Waals surface area contributed by atoms with Gasteiger partial charge in [0, 0.05) is 34.0 Å². The molecule has 0 fully saturated rings. The van der Waals surface area contributed by atoms with E-state index < -0.39 is 16.2 Å². The molecule has 0 saturated heterocycles. The van der Waals surface area contributed by atoms with Gasteiger partial charge in [0.1, 0.15) is 0 Å². The summed E-state index contributed by atoms with van der Waals surface area (Å²) in [6, 6.07) is 146. The lowest BCUT2D eigenvalue weighted by Gasteiger charge is -2.36. The van der Waals surface area contributed by atoms with Crippen molar-refractivity contribution in [3.05, 3.63) is 466 Å². The van der Waals surface area contributed by atoms with Crippen LogP contribution in [0.15, 0.2) is 388 Å². The Kier molecular flexibility index (Phi) is 13.8. The number of benzene rings is 16. The van der Waals surface area contributed by atoms with E-state index in [0.717, 1.165) is 45.3 Å². The molecule has 0 N–H and O–H groups in total. The Bertz CT molecular complexity index is 5670. The van der Waals surface area contributed by atoms with Crippen molar-refractivity contribution >= 4 is 34.1 Å². The monoisotopic (exact) mass is 1310 g/mol. The lowest BCUT2D eigenvalue weighted by atomic mass is 9.67. The Labute approximate surface area is 603 Å². The number of rotatable bonds is 12. The summed E-state index contributed by atoms with van der Waals surface area (Å²) in [7, 11) is 0. The number of hydrogen-bond donors (Lipinski definition) is 0. The van der Waals surface area contributed by atoms with Crippen molar-refractivity contribution in [2.45, 2.75) is 30.1 Å². The molecule has 0 saturated carbocycles. The highest BCUT2D eigenvalue weighted by Crippen LogP contribution is 2.66. The van der Waals surface area contributed by atoms with Crippen molar-refractivity contribution in [2.75, 3.05) is 9.80 Å². The lowest BCUT2D eigenvalue weighted by Crippen LogP contribution is -2.29. The fourth-order valence-electron chi connectivity index (χ4n) is 18.7. The van der Waals surface area contributed by atoms with Crippen LogP contribution in [0.2, 0.25) is 0 Å². The predicted molar refractivity (Wildman–Crippen MR) is 427 cm³/mol. The van der Waals surface area contributed by atoms with E-state index in [9.17, 15) is 0 Å². The molecule has 0 unspecified atom stereocenters. The Morgan fingerprint density at radius 3 is 0.883 bits per heavy atom. The van der Waals surface area contributed by atoms with Crippen molar-refractivity contribution in [3.63, 3.8) is 0 Å². The molecular formula is C101H70N2. The van der Waals surface area contributed by atoms with Crippen LogP contribution in [-0.4, -0.2) is 0 Å². The van der Waals surface area contributed by atoms with E-state index >= 15 is 0 Å². The van der Waals surface area contributed by atoms with E-state index in [-0.39, 0.29) is 0 Å². The molecule has 16 aromatic rings. The Morgan fingerprint density at radius 2 is 0.476 bits per heavy atom. The maximum absolute atomic E-state index is 2.52. The van der Waals surface area contributed by atoms with Gasteiger partial charge in [-0.3, -0.25) is 0 Å². The molecule has 20 rings (SSSR count). The van der Waals surface area contributed by atoms with Crippen LogP contribution in [0.5, 0.6) is 0 Å². The fraction of sp³-hybridized carbons (Fsp3) is 0.0495. The van der Waals surface area contributed by atoms with E-state index in [0.29, 0.717) is 0 Å². The molecule has 0 aromatic heterocycles. The maximum Gasteiger partial charge on any atom is 0.0726 e. The van der Waals surface area contributed by atoms with E-state index in [4.69, 9.17) is 0 Å². The van der Waals surface area contributed by atoms with Crippen LogP contribution < -0.4 is 9.80 Å². The zero-order chi connectivity index (χ0) is 68.4. The summed E-state index contributed by atoms with van der Waals surface area (Å²) in [4.78, 5) is 5.00. The zero-order valence-corrected chi connectivity index (χ0v) is 57.3. The maximum atomic E-state index is 2.52. The number of anilines is 6. The van der Waals surface area contributed by atoms with Crippen LogP contribution in [0.25, 0.3) is 66.8 Å². The third-order valence-corrected chi connectivity index (χ3v) is 23.0. The van der Waals surface area contributed by atoms with E-state index in [1.165, 1.54) is 134 Å². The molecule has 484 valence electrons. The van der Waals surface area contributed by atoms with Gasteiger partial charge in [0.2, 0.25) is 0 Å². The molecule has 0 amide bonds. The van der Waals surface area contributed by atoms with Crippen LogP contribution in [0.4, 0.5) is 34.1 Å². The highest BCUT2D eigenvalue weighted by Gasteiger charge is 2.53. The molecule has 103 heavy (non-hydrogen) atoms. The summed E-state index contributed by atoms with van der Waals surface area (Å²) in [6.45, 7) is 4.46. The standard InChI is InChI=1S/C101H70N2/c1-67-43-59-84-86-61-57-80(65-95(86)99(93(84)63-67,73-27-10-4-11-28-73)74-29-12-5-13-30-74)102(81-58-62-87-85-60-44-68(2)64-94(85)100(96(87)66-81,75-31-14-6-15-32-75)76-33-16-7-17-34-76)77-51-45-71(46-52-77)72-49-55-79(56-50-72)103(78-53-47-70(48-54-78)69-25-8-3-9-26-69)97-42-24-41-92-98(97)88-37-20-23-40-91(88)101(92)89-38-21-18-35-82(89)83-36-19-22-39-90(83)101/h3-66H,1-2H3. The summed E-state index contributed by atoms with van der Waals surface area (Å²) < 4.78 is 0. The molecule has 0 atom stereocenters. The summed E-state index contributed by atoms with van der Waals surface area (Å²) in [5.74, 6) is 0. The Balaban J connectivity index is 0.752. The summed E-state index contributed by atoms with van der Waals surface area (Å²) in [5, 5.41) is 0. The van der Waals surface area contributed by atoms with Crippen molar-refractivity contribution in [1.82, 2.24) is 0 Å². The average Bonchev–Trinajstić information content (AvgIpc) is 1.51. The topological polar surface area (TPSA) is 6.48 Å². The van der Waals surface area contributed by atoms with Gasteiger partial charge in [-0.2, -0.15) is 0 Å². The second kappa shape index (κ2) is 23.6. The highest BCUT2D eigenvalue weighted by molar-refractivity contribution is 6.02. The van der Waals surface area contributed by atoms with Crippen molar-refractivity contribution in [3.8, 4) is 66.8 Å². The van der Waals surface area contributed by atoms with Crippen molar-refractivity contribution in [2.24, 2.45) is 0 Å². The van der Waals surface area contributed by atoms with Crippen LogP contribution in [0.3, 0.4) is 0 Å². The molecule has 0 heterocycles. The van der Waals surface area contributed by atoms with Gasteiger partial charge in [-0.1, -0.05) is 333 Å². The first kappa shape index (κ1) is 60.1. The minimum absolute atomic E-state index is 0.482. The Hall–Kier alpha value is -12.9. The van der Waals surface area contributed by atoms with Gasteiger partial charge in [-0.25, -0.2) is 0 Å². The van der Waals surface area contributed by atoms with Crippen LogP contribution in [0.1, 0.15) is 77.9 Å². The fourth-order valence-corrected chi connectivity index (χ4v) is 18.7. The van der Waals surface area contributed by atoms with E-state index in [2.05, 4.69) is 412 Å². The van der Waals surface area contributed by atoms with Crippen LogP contribution >= 0.6 is 0 Å². The van der Waals surface area contributed by atoms with E-state index in [1.807, 2.05) is 0 Å². The van der Waals surface area contributed by atoms with Gasteiger partial charge >= 0.3 is 0 Å². The molecule has 4 aliphatic carbocycles. The SMILES string of the molecule is Cc1ccc2c(c1)C(c1ccccc1)(c1ccccc1)c1cc(N(c3ccc(-c4ccc(N(c5ccc(-c6ccccc6)cc5)c5cccc6c5-c5ccccc5C65c6ccccc6-c6ccccc65)cc4)cc3)c3ccc4c(c3)C(c3ccccc3)(c3ccccc3)c3cc(C)ccc3-4)ccc1-2. The smallest absolute Gasteiger partial charge is 0.0726 e. The molecule has 0 bridgehead atoms. The normalized spacial score (nSPS) is 13.8. The lowest BCUT2D eigenvalue weighted by molar-refractivity contribution is 0.766. The Morgan fingerprint density at radius 1 is 0.184 bits per heavy atom. The van der Waals surface area contributed by atoms with Gasteiger partial charge < -0.3 is 9.80 Å². The predicted octanol–water partition coefficient (Wildman–Crippen LogP) is 25.6. The molecule has 2 nitrogen and oxygen atoms in total. The zero-order valence-electron chi connectivity index (χ0n) is 57.3. The molecule has 0 radical (unpaired) electrons. The largest absolute Gasteiger partial charge is 0.310 e. The number of fused-ring (bicyclic) bond motifs is 16. The molecule has 2 heteroatoms. The van der Waals surface area contributed by atoms with Gasteiger partial charge in [0.05, 0.1) is 21.9 Å². The molecular weight excluding hydrogens is 1240 g/mol. The summed E-state index contributed by atoms with van der Waals surface area (Å²) in [6.07, 6.45) is 0. The van der Waals surface area contributed by atoms with Crippen molar-refractivity contribution < 1.29 is 0 Å². The van der Waals surface area contributed by atoms with Crippen molar-refractivity contribution in [1.29, 1.82) is 0 Å². The molecule has 4 aliphatic rings. The number of nitrogens with zero attached hydrogens (tertiary/aromatic N) is 2. The minimum atomic E-state index is -0.604. The number of aryl methyl sites for hydroxylation is 2. The third kappa shape index (κ3) is 8.87. The van der Waals surface area contributed by atoms with Gasteiger partial charge in [-0.05, 0) is 209 Å². The molecule has 1 spiro atoms. The van der Waals surface area contributed by atoms with E-state index in [1.54, 1.807) is 0 Å². The van der Waals surface area contributed by atoms with Crippen LogP contribution in [0, 0.1) is 13.8 Å². The average molecular weight is 1310 g/mol. The highest BCUT2D eigenvalue weighted by atomic mass is 15.2. The quantitative estimate of drug-likeness (QED) is 0.120.